The van der Waals surface area contributed by atoms with Crippen molar-refractivity contribution in [1.82, 2.24) is 20.5 Å². The highest BCUT2D eigenvalue weighted by atomic mass is 16.5. The second-order valence-electron chi connectivity index (χ2n) is 6.59. The van der Waals surface area contributed by atoms with Crippen molar-refractivity contribution in [3.05, 3.63) is 53.9 Å². The number of aromatic nitrogens is 3. The number of hydrogen-bond acceptors (Lipinski definition) is 5. The van der Waals surface area contributed by atoms with Gasteiger partial charge in [0.1, 0.15) is 0 Å². The number of para-hydroxylation sites is 1. The van der Waals surface area contributed by atoms with Crippen LogP contribution in [-0.4, -0.2) is 39.4 Å². The number of carbonyl (C=O) groups excluding carboxylic acids is 1. The van der Waals surface area contributed by atoms with Crippen LogP contribution in [-0.2, 0) is 0 Å². The summed E-state index contributed by atoms with van der Waals surface area (Å²) in [5, 5.41) is 20.6. The first kappa shape index (κ1) is 16.5. The maximum absolute atomic E-state index is 12.9. The molecule has 0 bridgehead atoms. The molecular formula is C19H20N4O3. The van der Waals surface area contributed by atoms with E-state index in [9.17, 15) is 9.90 Å². The molecule has 2 aromatic heterocycles. The van der Waals surface area contributed by atoms with Gasteiger partial charge in [-0.25, -0.2) is 4.98 Å². The van der Waals surface area contributed by atoms with E-state index in [-0.39, 0.29) is 24.0 Å². The number of fused-ring (bicyclic) bond motifs is 1. The molecule has 4 rings (SSSR count). The first-order valence-corrected chi connectivity index (χ1v) is 8.57. The van der Waals surface area contributed by atoms with Crippen molar-refractivity contribution in [1.29, 1.82) is 0 Å². The summed E-state index contributed by atoms with van der Waals surface area (Å²) >= 11 is 0. The van der Waals surface area contributed by atoms with Crippen molar-refractivity contribution < 1.29 is 14.6 Å². The Bertz CT molecular complexity index is 916. The van der Waals surface area contributed by atoms with Gasteiger partial charge in [0, 0.05) is 17.6 Å². The Morgan fingerprint density at radius 3 is 2.81 bits per heavy atom. The lowest BCUT2D eigenvalue weighted by molar-refractivity contribution is 0.0234. The smallest absolute Gasteiger partial charge is 0.272 e. The largest absolute Gasteiger partial charge is 0.481 e. The molecule has 0 aliphatic heterocycles. The number of aliphatic hydroxyl groups excluding tert-OH is 1. The van der Waals surface area contributed by atoms with Crippen LogP contribution in [0, 0.1) is 5.92 Å². The van der Waals surface area contributed by atoms with Crippen LogP contribution in [0.3, 0.4) is 0 Å². The number of H-pyrrole nitrogens is 1. The first-order chi connectivity index (χ1) is 12.7. The highest BCUT2D eigenvalue weighted by Crippen LogP contribution is 2.38. The van der Waals surface area contributed by atoms with Crippen LogP contribution in [0.15, 0.2) is 42.6 Å². The molecular weight excluding hydrogens is 332 g/mol. The van der Waals surface area contributed by atoms with Crippen LogP contribution < -0.4 is 10.1 Å². The Kier molecular flexibility index (Phi) is 4.30. The number of amides is 1. The molecule has 134 valence electrons. The van der Waals surface area contributed by atoms with Gasteiger partial charge in [0.2, 0.25) is 5.88 Å². The summed E-state index contributed by atoms with van der Waals surface area (Å²) in [5.74, 6) is 0.435. The zero-order valence-corrected chi connectivity index (χ0v) is 14.3. The molecule has 26 heavy (non-hydrogen) atoms. The van der Waals surface area contributed by atoms with Gasteiger partial charge in [-0.3, -0.25) is 9.89 Å². The second kappa shape index (κ2) is 6.76. The first-order valence-electron chi connectivity index (χ1n) is 8.57. The highest BCUT2D eigenvalue weighted by Gasteiger charge is 2.36. The van der Waals surface area contributed by atoms with Gasteiger partial charge in [-0.05, 0) is 30.4 Å². The number of hydrogen-bond donors (Lipinski definition) is 3. The summed E-state index contributed by atoms with van der Waals surface area (Å²) in [4.78, 5) is 17.1. The molecule has 3 N–H and O–H groups in total. The van der Waals surface area contributed by atoms with Gasteiger partial charge in [-0.15, -0.1) is 0 Å². The van der Waals surface area contributed by atoms with E-state index in [2.05, 4.69) is 20.5 Å². The maximum atomic E-state index is 12.9. The minimum Gasteiger partial charge on any atom is -0.481 e. The van der Waals surface area contributed by atoms with Gasteiger partial charge in [0.05, 0.1) is 24.8 Å². The fraction of sp³-hybridized carbons (Fsp3) is 0.316. The van der Waals surface area contributed by atoms with Crippen molar-refractivity contribution in [3.63, 3.8) is 0 Å². The predicted molar refractivity (Wildman–Crippen MR) is 95.8 cm³/mol. The van der Waals surface area contributed by atoms with E-state index >= 15 is 0 Å². The fourth-order valence-electron chi connectivity index (χ4n) is 3.42. The van der Waals surface area contributed by atoms with Crippen LogP contribution in [0.4, 0.5) is 0 Å². The molecule has 1 atom stereocenters. The number of pyridine rings is 1. The van der Waals surface area contributed by atoms with Crippen molar-refractivity contribution in [2.75, 3.05) is 7.11 Å². The fourth-order valence-corrected chi connectivity index (χ4v) is 3.42. The van der Waals surface area contributed by atoms with Gasteiger partial charge < -0.3 is 15.2 Å². The van der Waals surface area contributed by atoms with Crippen molar-refractivity contribution >= 4 is 16.8 Å². The minimum absolute atomic E-state index is 0.161. The molecule has 0 radical (unpaired) electrons. The number of carbonyl (C=O) groups is 1. The molecule has 1 aliphatic rings. The lowest BCUT2D eigenvalue weighted by Crippen LogP contribution is -2.41. The summed E-state index contributed by atoms with van der Waals surface area (Å²) < 4.78 is 5.10. The molecule has 1 aliphatic carbocycles. The number of aromatic amines is 1. The summed E-state index contributed by atoms with van der Waals surface area (Å²) in [5.41, 5.74) is 2.07. The molecule has 0 unspecified atom stereocenters. The topological polar surface area (TPSA) is 100 Å². The van der Waals surface area contributed by atoms with Crippen LogP contribution in [0.2, 0.25) is 0 Å². The number of nitrogens with one attached hydrogen (secondary N) is 2. The number of ether oxygens (including phenoxy) is 1. The molecule has 1 fully saturated rings. The van der Waals surface area contributed by atoms with E-state index in [1.165, 1.54) is 0 Å². The molecule has 1 amide bonds. The number of methoxy groups -OCH3 is 1. The normalized spacial score (nSPS) is 20.4. The maximum Gasteiger partial charge on any atom is 0.272 e. The molecule has 2 heterocycles. The lowest BCUT2D eigenvalue weighted by atomic mass is 9.75. The average Bonchev–Trinajstić information content (AvgIpc) is 3.08. The van der Waals surface area contributed by atoms with E-state index in [0.29, 0.717) is 24.4 Å². The van der Waals surface area contributed by atoms with Crippen molar-refractivity contribution in [2.45, 2.75) is 25.0 Å². The summed E-state index contributed by atoms with van der Waals surface area (Å²) in [6.07, 6.45) is 2.70. The Morgan fingerprint density at radius 1 is 1.31 bits per heavy atom. The van der Waals surface area contributed by atoms with E-state index in [1.807, 2.05) is 30.3 Å². The Hall–Kier alpha value is -2.93. The van der Waals surface area contributed by atoms with E-state index < -0.39 is 0 Å². The van der Waals surface area contributed by atoms with E-state index in [4.69, 9.17) is 4.74 Å². The Balaban J connectivity index is 1.60. The summed E-state index contributed by atoms with van der Waals surface area (Å²) in [6, 6.07) is 10.9. The summed E-state index contributed by atoms with van der Waals surface area (Å²) in [7, 11) is 1.56. The monoisotopic (exact) mass is 352 g/mol. The average molecular weight is 352 g/mol. The van der Waals surface area contributed by atoms with Gasteiger partial charge in [-0.2, -0.15) is 5.10 Å². The minimum atomic E-state index is -0.308. The van der Waals surface area contributed by atoms with Crippen molar-refractivity contribution in [3.8, 4) is 5.88 Å². The molecule has 7 heteroatoms. The molecule has 0 saturated heterocycles. The van der Waals surface area contributed by atoms with Gasteiger partial charge in [-0.1, -0.05) is 24.3 Å². The summed E-state index contributed by atoms with van der Waals surface area (Å²) in [6.45, 7) is 0. The van der Waals surface area contributed by atoms with Crippen LogP contribution in [0.1, 0.15) is 34.9 Å². The highest BCUT2D eigenvalue weighted by molar-refractivity contribution is 6.04. The van der Waals surface area contributed by atoms with Crippen molar-refractivity contribution in [2.24, 2.45) is 5.92 Å². The van der Waals surface area contributed by atoms with Gasteiger partial charge in [0.25, 0.3) is 5.91 Å². The number of rotatable bonds is 5. The zero-order valence-electron chi connectivity index (χ0n) is 14.3. The Morgan fingerprint density at radius 2 is 2.12 bits per heavy atom. The SMILES string of the molecule is COc1ccc([C@H](NC(=O)c2n[nH]c3ccccc23)C2CC(O)C2)cn1. The molecule has 7 nitrogen and oxygen atoms in total. The third-order valence-electron chi connectivity index (χ3n) is 4.92. The lowest BCUT2D eigenvalue weighted by Gasteiger charge is -2.38. The van der Waals surface area contributed by atoms with E-state index in [0.717, 1.165) is 16.5 Å². The number of aliphatic hydroxyl groups is 1. The molecule has 3 aromatic rings. The third-order valence-corrected chi connectivity index (χ3v) is 4.92. The molecule has 1 aromatic carbocycles. The van der Waals surface area contributed by atoms with E-state index in [1.54, 1.807) is 19.4 Å². The predicted octanol–water partition coefficient (Wildman–Crippen LogP) is 2.21. The standard InChI is InChI=1S/C19H20N4O3/c1-26-16-7-6-11(10-20-16)17(12-8-13(24)9-12)21-19(25)18-14-4-2-3-5-15(14)22-23-18/h2-7,10,12-13,17,24H,8-9H2,1H3,(H,21,25)(H,22,23)/t12?,13?,17-/m0/s1. The molecule has 0 spiro atoms. The Labute approximate surface area is 150 Å². The molecule has 1 saturated carbocycles. The van der Waals surface area contributed by atoms with Gasteiger partial charge >= 0.3 is 0 Å². The van der Waals surface area contributed by atoms with Crippen LogP contribution >= 0.6 is 0 Å². The number of nitrogens with zero attached hydrogens (tertiary/aromatic N) is 2. The second-order valence-corrected chi connectivity index (χ2v) is 6.59. The zero-order chi connectivity index (χ0) is 18.1. The number of benzene rings is 1. The van der Waals surface area contributed by atoms with Crippen LogP contribution in [0.25, 0.3) is 10.9 Å². The third kappa shape index (κ3) is 3.01. The van der Waals surface area contributed by atoms with Crippen LogP contribution in [0.5, 0.6) is 5.88 Å². The quantitative estimate of drug-likeness (QED) is 0.654. The van der Waals surface area contributed by atoms with Gasteiger partial charge in [0.15, 0.2) is 5.69 Å².